The summed E-state index contributed by atoms with van der Waals surface area (Å²) in [6.45, 7) is 3.87. The van der Waals surface area contributed by atoms with Crippen molar-refractivity contribution in [1.82, 2.24) is 0 Å². The van der Waals surface area contributed by atoms with Gasteiger partial charge in [0.25, 0.3) is 0 Å². The zero-order valence-corrected chi connectivity index (χ0v) is 43.5. The van der Waals surface area contributed by atoms with Gasteiger partial charge in [-0.05, 0) is 77.0 Å². The van der Waals surface area contributed by atoms with Crippen LogP contribution < -0.4 is 0 Å². The predicted octanol–water partition coefficient (Wildman–Crippen LogP) is 12.9. The fourth-order valence-corrected chi connectivity index (χ4v) is 8.58. The molecule has 1 aliphatic rings. The molecule has 0 aromatic carbocycles. The number of allylic oxidation sites excluding steroid dienone is 10. The van der Waals surface area contributed by atoms with Gasteiger partial charge in [-0.25, -0.2) is 4.18 Å². The normalized spacial score (nSPS) is 19.8. The number of hydrogen-bond acceptors (Lipinski definition) is 11. The second-order valence-electron chi connectivity index (χ2n) is 18.4. The molecule has 6 unspecified atom stereocenters. The summed E-state index contributed by atoms with van der Waals surface area (Å²) in [5, 5.41) is 30.8. The van der Waals surface area contributed by atoms with Gasteiger partial charge in [-0.15, -0.1) is 0 Å². The van der Waals surface area contributed by atoms with Crippen molar-refractivity contribution in [3.63, 3.8) is 0 Å². The molecule has 0 aliphatic carbocycles. The molecule has 13 heteroatoms. The van der Waals surface area contributed by atoms with E-state index in [0.717, 1.165) is 77.0 Å². The van der Waals surface area contributed by atoms with Crippen molar-refractivity contribution < 1.29 is 56.2 Å². The topological polar surface area (TPSA) is 178 Å². The van der Waals surface area contributed by atoms with Crippen LogP contribution in [0, 0.1) is 0 Å². The fourth-order valence-electron chi connectivity index (χ4n) is 8.07. The molecular weight excluding hydrogens is 885 g/mol. The summed E-state index contributed by atoms with van der Waals surface area (Å²) in [7, 11) is -5.07. The van der Waals surface area contributed by atoms with E-state index in [0.29, 0.717) is 13.0 Å². The second-order valence-corrected chi connectivity index (χ2v) is 19.5. The molecule has 12 nitrogen and oxygen atoms in total. The highest BCUT2D eigenvalue weighted by Crippen LogP contribution is 2.26. The van der Waals surface area contributed by atoms with Gasteiger partial charge in [0.1, 0.15) is 30.5 Å². The van der Waals surface area contributed by atoms with E-state index in [1.807, 2.05) is 0 Å². The second kappa shape index (κ2) is 45.9. The molecule has 1 rings (SSSR count). The predicted molar refractivity (Wildman–Crippen MR) is 276 cm³/mol. The molecule has 0 radical (unpaired) electrons. The molecule has 0 aromatic heterocycles. The van der Waals surface area contributed by atoms with Gasteiger partial charge in [0.15, 0.2) is 6.29 Å². The minimum absolute atomic E-state index is 0.0262. The third-order valence-electron chi connectivity index (χ3n) is 12.1. The smallest absolute Gasteiger partial charge is 0.397 e. The molecule has 1 fully saturated rings. The van der Waals surface area contributed by atoms with E-state index in [4.69, 9.17) is 18.9 Å². The average molecular weight is 983 g/mol. The maximum atomic E-state index is 12.9. The monoisotopic (exact) mass is 983 g/mol. The standard InChI is InChI=1S/C55H98O12S/c1-3-5-7-9-11-13-15-17-19-21-23-25-26-28-30-32-34-36-38-40-42-44-51(57)65-49(48-64-55-53(59)54(67-68(60,61)62)52(58)50(46-56)66-55)47-63-45-43-41-39-37-35-33-31-29-27-24-22-20-18-16-14-12-10-8-6-4-2/h6,8,12,14,18,20-21,23-24,27,49-50,52-56,58-59H,3-5,7,9-11,13,15-17,19,22,25-26,28-48H2,1-2H3,(H,60,61,62)/b8-6-,14-12-,20-18-,23-21-,27-24-. The first-order chi connectivity index (χ1) is 33.1. The quantitative estimate of drug-likeness (QED) is 0.0197. The number of aliphatic hydroxyl groups excluding tert-OH is 3. The number of unbranched alkanes of at least 4 members (excludes halogenated alkanes) is 24. The minimum Gasteiger partial charge on any atom is -0.457 e. The first-order valence-electron chi connectivity index (χ1n) is 27.0. The molecule has 1 saturated heterocycles. The molecule has 396 valence electrons. The van der Waals surface area contributed by atoms with Crippen LogP contribution >= 0.6 is 0 Å². The highest BCUT2D eigenvalue weighted by atomic mass is 32.3. The van der Waals surface area contributed by atoms with Crippen LogP contribution in [-0.4, -0.2) is 97.5 Å². The molecule has 0 bridgehead atoms. The van der Waals surface area contributed by atoms with E-state index in [2.05, 4.69) is 78.8 Å². The van der Waals surface area contributed by atoms with E-state index >= 15 is 0 Å². The first-order valence-corrected chi connectivity index (χ1v) is 28.4. The van der Waals surface area contributed by atoms with Crippen molar-refractivity contribution in [1.29, 1.82) is 0 Å². The number of aliphatic hydroxyl groups is 3. The largest absolute Gasteiger partial charge is 0.457 e. The van der Waals surface area contributed by atoms with Crippen LogP contribution in [0.25, 0.3) is 0 Å². The maximum absolute atomic E-state index is 12.9. The summed E-state index contributed by atoms with van der Waals surface area (Å²) in [5.74, 6) is -0.405. The Morgan fingerprint density at radius 2 is 1.01 bits per heavy atom. The summed E-state index contributed by atoms with van der Waals surface area (Å²) >= 11 is 0. The van der Waals surface area contributed by atoms with Gasteiger partial charge in [-0.1, -0.05) is 197 Å². The Bertz CT molecular complexity index is 1410. The van der Waals surface area contributed by atoms with E-state index in [9.17, 15) is 33.1 Å². The van der Waals surface area contributed by atoms with Crippen molar-refractivity contribution in [2.75, 3.05) is 26.4 Å². The molecule has 1 heterocycles. The van der Waals surface area contributed by atoms with Gasteiger partial charge in [0, 0.05) is 13.0 Å². The maximum Gasteiger partial charge on any atom is 0.397 e. The van der Waals surface area contributed by atoms with E-state index in [1.54, 1.807) is 0 Å². The number of carbonyl (C=O) groups is 1. The Labute approximate surface area is 414 Å². The van der Waals surface area contributed by atoms with Crippen LogP contribution in [0.2, 0.25) is 0 Å². The van der Waals surface area contributed by atoms with Crippen LogP contribution in [0.3, 0.4) is 0 Å². The lowest BCUT2D eigenvalue weighted by molar-refractivity contribution is -0.301. The third-order valence-corrected chi connectivity index (χ3v) is 12.6. The van der Waals surface area contributed by atoms with Crippen LogP contribution in [0.5, 0.6) is 0 Å². The van der Waals surface area contributed by atoms with Crippen LogP contribution in [-0.2, 0) is 38.3 Å². The summed E-state index contributed by atoms with van der Waals surface area (Å²) in [5.41, 5.74) is 0. The Kier molecular flexibility index (Phi) is 43.1. The molecule has 0 saturated carbocycles. The SMILES string of the molecule is CC/C=C\C/C=C\C/C=C\C/C=C\CCCCCCCCCOCC(COC1OC(CO)C(O)C(OS(=O)(=O)O)C1O)OC(=O)CCCCCCCCCCC/C=C\CCCCCCCCCC. The van der Waals surface area contributed by atoms with Crippen molar-refractivity contribution in [3.05, 3.63) is 60.8 Å². The fraction of sp³-hybridized carbons (Fsp3) is 0.800. The minimum atomic E-state index is -5.07. The summed E-state index contributed by atoms with van der Waals surface area (Å²) in [4.78, 5) is 12.9. The van der Waals surface area contributed by atoms with Crippen molar-refractivity contribution in [2.45, 2.75) is 256 Å². The van der Waals surface area contributed by atoms with E-state index in [1.165, 1.54) is 116 Å². The molecular formula is C55H98O12S. The number of ether oxygens (including phenoxy) is 4. The van der Waals surface area contributed by atoms with Crippen LogP contribution in [0.1, 0.15) is 219 Å². The Morgan fingerprint density at radius 3 is 1.50 bits per heavy atom. The van der Waals surface area contributed by atoms with Crippen molar-refractivity contribution in [2.24, 2.45) is 0 Å². The molecule has 4 N–H and O–H groups in total. The lowest BCUT2D eigenvalue weighted by atomic mass is 9.99. The van der Waals surface area contributed by atoms with E-state index in [-0.39, 0.29) is 19.6 Å². The van der Waals surface area contributed by atoms with E-state index < -0.39 is 59.8 Å². The highest BCUT2D eigenvalue weighted by Gasteiger charge is 2.48. The molecule has 6 atom stereocenters. The third kappa shape index (κ3) is 38.5. The van der Waals surface area contributed by atoms with Crippen LogP contribution in [0.4, 0.5) is 0 Å². The number of esters is 1. The number of carbonyl (C=O) groups excluding carboxylic acids is 1. The zero-order valence-electron chi connectivity index (χ0n) is 42.7. The lowest BCUT2D eigenvalue weighted by Gasteiger charge is -2.41. The summed E-state index contributed by atoms with van der Waals surface area (Å²) in [6.07, 6.45) is 49.6. The number of rotatable bonds is 47. The van der Waals surface area contributed by atoms with Gasteiger partial charge in [-0.2, -0.15) is 8.42 Å². The first kappa shape index (κ1) is 63.8. The van der Waals surface area contributed by atoms with Crippen molar-refractivity contribution >= 4 is 16.4 Å². The molecule has 0 spiro atoms. The summed E-state index contributed by atoms with van der Waals surface area (Å²) < 4.78 is 59.3. The van der Waals surface area contributed by atoms with Gasteiger partial charge < -0.3 is 34.3 Å². The van der Waals surface area contributed by atoms with Gasteiger partial charge in [0.2, 0.25) is 0 Å². The molecule has 1 aliphatic heterocycles. The average Bonchev–Trinajstić information content (AvgIpc) is 3.31. The Morgan fingerprint density at radius 1 is 0.574 bits per heavy atom. The molecule has 0 aromatic rings. The van der Waals surface area contributed by atoms with Gasteiger partial charge in [0.05, 0.1) is 19.8 Å². The molecule has 0 amide bonds. The number of hydrogen-bond donors (Lipinski definition) is 4. The Balaban J connectivity index is 2.35. The van der Waals surface area contributed by atoms with Crippen molar-refractivity contribution in [3.8, 4) is 0 Å². The summed E-state index contributed by atoms with van der Waals surface area (Å²) in [6, 6.07) is 0. The zero-order chi connectivity index (χ0) is 49.6. The van der Waals surface area contributed by atoms with Gasteiger partial charge in [-0.3, -0.25) is 9.35 Å². The lowest BCUT2D eigenvalue weighted by Crippen LogP contribution is -2.60. The van der Waals surface area contributed by atoms with Gasteiger partial charge >= 0.3 is 16.4 Å². The van der Waals surface area contributed by atoms with Crippen LogP contribution in [0.15, 0.2) is 60.8 Å². The molecule has 68 heavy (non-hydrogen) atoms. The Hall–Kier alpha value is -2.20. The highest BCUT2D eigenvalue weighted by molar-refractivity contribution is 7.80.